The van der Waals surface area contributed by atoms with Crippen LogP contribution in [-0.2, 0) is 12.3 Å². The second-order valence-electron chi connectivity index (χ2n) is 4.84. The number of imidazole rings is 1. The minimum absolute atomic E-state index is 0.615. The van der Waals surface area contributed by atoms with Crippen LogP contribution in [-0.4, -0.2) is 14.5 Å². The van der Waals surface area contributed by atoms with E-state index in [0.29, 0.717) is 5.92 Å². The third-order valence-corrected chi connectivity index (χ3v) is 3.81. The molecule has 0 aliphatic carbocycles. The molecular weight excluding hydrogens is 246 g/mol. The Morgan fingerprint density at radius 3 is 2.78 bits per heavy atom. The molecular formula is C13H19N3OS. The summed E-state index contributed by atoms with van der Waals surface area (Å²) < 4.78 is 7.27. The molecule has 4 nitrogen and oxygen atoms in total. The molecule has 0 aliphatic heterocycles. The molecule has 0 aromatic carbocycles. The highest BCUT2D eigenvalue weighted by Gasteiger charge is 2.13. The topological polar surface area (TPSA) is 43.9 Å². The number of aromatic nitrogens is 3. The SMILES string of the molecule is Cc1nc(SCc2cocn2)n(CC(C)C)c1C. The lowest BCUT2D eigenvalue weighted by Crippen LogP contribution is -2.07. The standard InChI is InChI=1S/C13H19N3OS/c1-9(2)5-16-11(4)10(3)15-13(16)18-7-12-6-17-8-14-12/h6,8-9H,5,7H2,1-4H3. The van der Waals surface area contributed by atoms with Gasteiger partial charge in [0, 0.05) is 18.0 Å². The van der Waals surface area contributed by atoms with Crippen molar-refractivity contribution in [2.75, 3.05) is 0 Å². The van der Waals surface area contributed by atoms with Crippen LogP contribution < -0.4 is 0 Å². The Morgan fingerprint density at radius 1 is 1.39 bits per heavy atom. The molecule has 0 unspecified atom stereocenters. The van der Waals surface area contributed by atoms with E-state index in [0.717, 1.165) is 28.8 Å². The highest BCUT2D eigenvalue weighted by atomic mass is 32.2. The van der Waals surface area contributed by atoms with Crippen LogP contribution in [0.3, 0.4) is 0 Å². The fourth-order valence-corrected chi connectivity index (χ4v) is 2.75. The van der Waals surface area contributed by atoms with Crippen LogP contribution in [0, 0.1) is 19.8 Å². The predicted molar refractivity (Wildman–Crippen MR) is 72.6 cm³/mol. The van der Waals surface area contributed by atoms with Gasteiger partial charge in [-0.15, -0.1) is 0 Å². The van der Waals surface area contributed by atoms with E-state index in [1.807, 2.05) is 0 Å². The summed E-state index contributed by atoms with van der Waals surface area (Å²) in [6.07, 6.45) is 3.15. The van der Waals surface area contributed by atoms with E-state index in [9.17, 15) is 0 Å². The molecule has 2 aromatic rings. The average molecular weight is 265 g/mol. The van der Waals surface area contributed by atoms with Crippen LogP contribution in [0.1, 0.15) is 30.9 Å². The Bertz CT molecular complexity index is 503. The zero-order chi connectivity index (χ0) is 13.1. The Hall–Kier alpha value is -1.23. The van der Waals surface area contributed by atoms with Crippen LogP contribution in [0.15, 0.2) is 22.2 Å². The highest BCUT2D eigenvalue weighted by Crippen LogP contribution is 2.25. The van der Waals surface area contributed by atoms with Gasteiger partial charge in [0.05, 0.1) is 11.4 Å². The van der Waals surface area contributed by atoms with E-state index in [2.05, 4.69) is 42.2 Å². The molecule has 2 heterocycles. The Labute approximate surface area is 112 Å². The first-order valence-electron chi connectivity index (χ1n) is 6.11. The van der Waals surface area contributed by atoms with E-state index in [-0.39, 0.29) is 0 Å². The number of nitrogens with zero attached hydrogens (tertiary/aromatic N) is 3. The number of hydrogen-bond donors (Lipinski definition) is 0. The minimum atomic E-state index is 0.615. The van der Waals surface area contributed by atoms with Crippen molar-refractivity contribution in [2.24, 2.45) is 5.92 Å². The molecule has 0 radical (unpaired) electrons. The van der Waals surface area contributed by atoms with Gasteiger partial charge in [0.25, 0.3) is 0 Å². The second-order valence-corrected chi connectivity index (χ2v) is 5.78. The number of hydrogen-bond acceptors (Lipinski definition) is 4. The molecule has 0 amide bonds. The second kappa shape index (κ2) is 5.61. The average Bonchev–Trinajstić information content (AvgIpc) is 2.90. The lowest BCUT2D eigenvalue weighted by atomic mass is 10.2. The molecule has 0 fully saturated rings. The van der Waals surface area contributed by atoms with Crippen molar-refractivity contribution in [3.8, 4) is 0 Å². The third kappa shape index (κ3) is 2.96. The Kier molecular flexibility index (Phi) is 4.11. The Morgan fingerprint density at radius 2 is 2.17 bits per heavy atom. The van der Waals surface area contributed by atoms with E-state index >= 15 is 0 Å². The lowest BCUT2D eigenvalue weighted by Gasteiger charge is -2.11. The van der Waals surface area contributed by atoms with Gasteiger partial charge in [-0.2, -0.15) is 0 Å². The van der Waals surface area contributed by atoms with E-state index in [4.69, 9.17) is 4.42 Å². The summed E-state index contributed by atoms with van der Waals surface area (Å²) in [4.78, 5) is 8.76. The van der Waals surface area contributed by atoms with Crippen molar-refractivity contribution in [1.82, 2.24) is 14.5 Å². The number of rotatable bonds is 5. The van der Waals surface area contributed by atoms with Gasteiger partial charge in [-0.25, -0.2) is 9.97 Å². The van der Waals surface area contributed by atoms with Crippen molar-refractivity contribution < 1.29 is 4.42 Å². The molecule has 5 heteroatoms. The monoisotopic (exact) mass is 265 g/mol. The van der Waals surface area contributed by atoms with Gasteiger partial charge in [-0.05, 0) is 19.8 Å². The molecule has 0 spiro atoms. The first-order valence-corrected chi connectivity index (χ1v) is 7.10. The minimum Gasteiger partial charge on any atom is -0.451 e. The fourth-order valence-electron chi connectivity index (χ4n) is 1.76. The zero-order valence-corrected chi connectivity index (χ0v) is 12.1. The first kappa shape index (κ1) is 13.2. The van der Waals surface area contributed by atoms with E-state index in [1.165, 1.54) is 12.1 Å². The predicted octanol–water partition coefficient (Wildman–Crippen LogP) is 3.44. The molecule has 98 valence electrons. The van der Waals surface area contributed by atoms with Crippen LogP contribution in [0.4, 0.5) is 0 Å². The maximum Gasteiger partial charge on any atom is 0.180 e. The summed E-state index contributed by atoms with van der Waals surface area (Å²) in [6, 6.07) is 0. The maximum atomic E-state index is 4.97. The van der Waals surface area contributed by atoms with Crippen LogP contribution in [0.2, 0.25) is 0 Å². The first-order chi connectivity index (χ1) is 8.58. The molecule has 0 N–H and O–H groups in total. The zero-order valence-electron chi connectivity index (χ0n) is 11.3. The quantitative estimate of drug-likeness (QED) is 0.777. The molecule has 0 saturated heterocycles. The van der Waals surface area contributed by atoms with Crippen LogP contribution in [0.25, 0.3) is 0 Å². The van der Waals surface area contributed by atoms with Crippen molar-refractivity contribution in [3.63, 3.8) is 0 Å². The van der Waals surface area contributed by atoms with Gasteiger partial charge < -0.3 is 8.98 Å². The van der Waals surface area contributed by atoms with Crippen molar-refractivity contribution in [1.29, 1.82) is 0 Å². The largest absolute Gasteiger partial charge is 0.451 e. The van der Waals surface area contributed by atoms with Gasteiger partial charge in [0.2, 0.25) is 0 Å². The molecule has 2 aromatic heterocycles. The maximum absolute atomic E-state index is 4.97. The smallest absolute Gasteiger partial charge is 0.180 e. The fraction of sp³-hybridized carbons (Fsp3) is 0.538. The highest BCUT2D eigenvalue weighted by molar-refractivity contribution is 7.98. The van der Waals surface area contributed by atoms with Crippen LogP contribution >= 0.6 is 11.8 Å². The van der Waals surface area contributed by atoms with Gasteiger partial charge in [0.1, 0.15) is 6.26 Å². The van der Waals surface area contributed by atoms with Crippen LogP contribution in [0.5, 0.6) is 0 Å². The summed E-state index contributed by atoms with van der Waals surface area (Å²) in [7, 11) is 0. The molecule has 0 saturated carbocycles. The summed E-state index contributed by atoms with van der Waals surface area (Å²) in [5, 5.41) is 1.07. The summed E-state index contributed by atoms with van der Waals surface area (Å²) in [5.74, 6) is 1.41. The Balaban J connectivity index is 2.13. The van der Waals surface area contributed by atoms with Crippen molar-refractivity contribution >= 4 is 11.8 Å². The normalized spacial score (nSPS) is 11.4. The number of thioether (sulfide) groups is 1. The molecule has 18 heavy (non-hydrogen) atoms. The molecule has 0 bridgehead atoms. The summed E-state index contributed by atoms with van der Waals surface area (Å²) in [6.45, 7) is 9.65. The number of aryl methyl sites for hydroxylation is 1. The summed E-state index contributed by atoms with van der Waals surface area (Å²) >= 11 is 1.71. The number of oxazole rings is 1. The van der Waals surface area contributed by atoms with Gasteiger partial charge in [-0.1, -0.05) is 25.6 Å². The van der Waals surface area contributed by atoms with Crippen molar-refractivity contribution in [2.45, 2.75) is 45.1 Å². The molecule has 2 rings (SSSR count). The van der Waals surface area contributed by atoms with Gasteiger partial charge in [-0.3, -0.25) is 0 Å². The van der Waals surface area contributed by atoms with Gasteiger partial charge in [0.15, 0.2) is 11.6 Å². The van der Waals surface area contributed by atoms with Gasteiger partial charge >= 0.3 is 0 Å². The van der Waals surface area contributed by atoms with E-state index < -0.39 is 0 Å². The molecule has 0 aliphatic rings. The van der Waals surface area contributed by atoms with Crippen molar-refractivity contribution in [3.05, 3.63) is 29.7 Å². The molecule has 0 atom stereocenters. The van der Waals surface area contributed by atoms with E-state index in [1.54, 1.807) is 18.0 Å². The summed E-state index contributed by atoms with van der Waals surface area (Å²) in [5.41, 5.74) is 3.32. The third-order valence-electron chi connectivity index (χ3n) is 2.80. The lowest BCUT2D eigenvalue weighted by molar-refractivity contribution is 0.486.